The van der Waals surface area contributed by atoms with Gasteiger partial charge in [0.15, 0.2) is 5.82 Å². The molecule has 0 radical (unpaired) electrons. The molecule has 1 saturated heterocycles. The summed E-state index contributed by atoms with van der Waals surface area (Å²) in [7, 11) is 1.96. The van der Waals surface area contributed by atoms with Crippen molar-refractivity contribution in [1.82, 2.24) is 15.1 Å². The molecule has 3 heterocycles. The highest BCUT2D eigenvalue weighted by molar-refractivity contribution is 5.72. The minimum absolute atomic E-state index is 0.0262. The van der Waals surface area contributed by atoms with Crippen molar-refractivity contribution in [2.75, 3.05) is 25.9 Å². The first-order valence-corrected chi connectivity index (χ1v) is 9.86. The molecule has 1 spiro atoms. The average Bonchev–Trinajstić information content (AvgIpc) is 3.42. The molecule has 1 aliphatic carbocycles. The van der Waals surface area contributed by atoms with Crippen LogP contribution in [-0.4, -0.2) is 52.1 Å². The molecule has 5 rings (SSSR count). The summed E-state index contributed by atoms with van der Waals surface area (Å²) in [6.07, 6.45) is 4.19. The number of nitrogens with two attached hydrogens (primary N) is 1. The monoisotopic (exact) mass is 386 g/mol. The maximum atomic E-state index is 12.4. The lowest BCUT2D eigenvalue weighted by Crippen LogP contribution is -2.32. The third kappa shape index (κ3) is 3.95. The van der Waals surface area contributed by atoms with Crippen LogP contribution in [0.1, 0.15) is 36.8 Å². The number of para-hydroxylation sites is 1. The number of alkyl halides is 1. The molecule has 7 heteroatoms. The number of phenolic OH excluding ortho intramolecular Hbond substituents is 1. The van der Waals surface area contributed by atoms with Gasteiger partial charge in [0.25, 0.3) is 0 Å². The highest BCUT2D eigenvalue weighted by Crippen LogP contribution is 2.49. The number of rotatable bonds is 1. The number of fused-ring (bicyclic) bond motifs is 1. The normalized spacial score (nSPS) is 22.9. The molecule has 0 amide bonds. The van der Waals surface area contributed by atoms with Crippen molar-refractivity contribution in [1.29, 1.82) is 0 Å². The van der Waals surface area contributed by atoms with E-state index < -0.39 is 6.17 Å². The van der Waals surface area contributed by atoms with Gasteiger partial charge in [0, 0.05) is 24.1 Å². The Hall–Kier alpha value is -2.25. The third-order valence-corrected chi connectivity index (χ3v) is 5.77. The summed E-state index contributed by atoms with van der Waals surface area (Å²) >= 11 is 0. The van der Waals surface area contributed by atoms with E-state index in [1.165, 1.54) is 0 Å². The largest absolute Gasteiger partial charge is 0.507 e. The zero-order chi connectivity index (χ0) is 19.7. The molecule has 1 saturated carbocycles. The van der Waals surface area contributed by atoms with Crippen LogP contribution in [-0.2, 0) is 17.8 Å². The zero-order valence-electron chi connectivity index (χ0n) is 16.2. The van der Waals surface area contributed by atoms with Crippen molar-refractivity contribution in [3.8, 4) is 17.0 Å². The van der Waals surface area contributed by atoms with Crippen molar-refractivity contribution in [3.05, 3.63) is 35.4 Å². The Labute approximate surface area is 164 Å². The average molecular weight is 386 g/mol. The van der Waals surface area contributed by atoms with Crippen molar-refractivity contribution < 1.29 is 14.2 Å². The van der Waals surface area contributed by atoms with Crippen LogP contribution in [0.25, 0.3) is 11.3 Å². The number of aromatic hydroxyl groups is 1. The van der Waals surface area contributed by atoms with E-state index >= 15 is 0 Å². The molecule has 0 bridgehead atoms. The van der Waals surface area contributed by atoms with Gasteiger partial charge >= 0.3 is 0 Å². The number of halogens is 1. The standard InChI is InChI=1S/C15H15N3O2.C6H12FN/c16-14-11-8-20-15(5-6-15)7-10(11)13(17-18-14)9-3-1-2-4-12(9)19;1-8-4-2-3-6(7)5-8/h1-4,19H,5-8H2,(H2,16,18);6H,2-5H2,1H3. The van der Waals surface area contributed by atoms with Gasteiger partial charge in [0.05, 0.1) is 12.2 Å². The smallest absolute Gasteiger partial charge is 0.151 e. The third-order valence-electron chi connectivity index (χ3n) is 5.77. The molecule has 1 unspecified atom stereocenters. The lowest BCUT2D eigenvalue weighted by molar-refractivity contribution is 0.00838. The maximum absolute atomic E-state index is 12.4. The minimum Gasteiger partial charge on any atom is -0.507 e. The van der Waals surface area contributed by atoms with Crippen LogP contribution in [0.2, 0.25) is 0 Å². The molecule has 1 atom stereocenters. The molecule has 2 fully saturated rings. The number of hydrogen-bond acceptors (Lipinski definition) is 6. The van der Waals surface area contributed by atoms with Crippen molar-refractivity contribution in [2.45, 2.75) is 50.5 Å². The number of piperidine rings is 1. The predicted molar refractivity (Wildman–Crippen MR) is 106 cm³/mol. The first-order valence-electron chi connectivity index (χ1n) is 9.86. The van der Waals surface area contributed by atoms with Crippen LogP contribution in [0.3, 0.4) is 0 Å². The molecule has 1 aromatic carbocycles. The Kier molecular flexibility index (Phi) is 5.21. The number of nitrogen functional groups attached to an aromatic ring is 1. The van der Waals surface area contributed by atoms with E-state index in [1.807, 2.05) is 24.1 Å². The number of ether oxygens (including phenoxy) is 1. The molecule has 150 valence electrons. The second-order valence-corrected chi connectivity index (χ2v) is 8.06. The zero-order valence-corrected chi connectivity index (χ0v) is 16.2. The number of benzene rings is 1. The van der Waals surface area contributed by atoms with Gasteiger partial charge in [-0.05, 0) is 57.0 Å². The van der Waals surface area contributed by atoms with Gasteiger partial charge in [-0.1, -0.05) is 12.1 Å². The topological polar surface area (TPSA) is 84.5 Å². The van der Waals surface area contributed by atoms with E-state index in [2.05, 4.69) is 10.2 Å². The van der Waals surface area contributed by atoms with E-state index in [0.29, 0.717) is 24.5 Å². The quantitative estimate of drug-likeness (QED) is 0.784. The fourth-order valence-corrected chi connectivity index (χ4v) is 3.93. The van der Waals surface area contributed by atoms with Gasteiger partial charge in [-0.2, -0.15) is 0 Å². The Morgan fingerprint density at radius 2 is 2.04 bits per heavy atom. The number of nitrogens with zero attached hydrogens (tertiary/aromatic N) is 3. The fraction of sp³-hybridized carbons (Fsp3) is 0.524. The number of anilines is 1. The second kappa shape index (κ2) is 7.64. The highest BCUT2D eigenvalue weighted by Gasteiger charge is 2.47. The van der Waals surface area contributed by atoms with Crippen LogP contribution >= 0.6 is 0 Å². The summed E-state index contributed by atoms with van der Waals surface area (Å²) in [5, 5.41) is 18.3. The van der Waals surface area contributed by atoms with Gasteiger partial charge in [0.1, 0.15) is 17.6 Å². The van der Waals surface area contributed by atoms with Crippen molar-refractivity contribution in [3.63, 3.8) is 0 Å². The summed E-state index contributed by atoms with van der Waals surface area (Å²) < 4.78 is 18.3. The molecule has 1 aromatic heterocycles. The van der Waals surface area contributed by atoms with Crippen LogP contribution < -0.4 is 5.73 Å². The van der Waals surface area contributed by atoms with E-state index in [-0.39, 0.29) is 11.4 Å². The molecule has 28 heavy (non-hydrogen) atoms. The Morgan fingerprint density at radius 1 is 1.25 bits per heavy atom. The van der Waals surface area contributed by atoms with Crippen LogP contribution in [0, 0.1) is 0 Å². The van der Waals surface area contributed by atoms with Crippen molar-refractivity contribution >= 4 is 5.82 Å². The SMILES string of the molecule is CN1CCCC(F)C1.Nc1nnc(-c2ccccc2O)c2c1COC1(CC1)C2. The summed E-state index contributed by atoms with van der Waals surface area (Å²) in [4.78, 5) is 2.04. The molecule has 2 aliphatic heterocycles. The number of hydrogen-bond donors (Lipinski definition) is 2. The number of likely N-dealkylation sites (tertiary alicyclic amines) is 1. The predicted octanol–water partition coefficient (Wildman–Crippen LogP) is 3.09. The van der Waals surface area contributed by atoms with E-state index in [0.717, 1.165) is 55.5 Å². The summed E-state index contributed by atoms with van der Waals surface area (Å²) in [6, 6.07) is 7.18. The Morgan fingerprint density at radius 3 is 2.68 bits per heavy atom. The second-order valence-electron chi connectivity index (χ2n) is 8.06. The van der Waals surface area contributed by atoms with Gasteiger partial charge < -0.3 is 20.5 Å². The van der Waals surface area contributed by atoms with Gasteiger partial charge in [0.2, 0.25) is 0 Å². The van der Waals surface area contributed by atoms with Gasteiger partial charge in [-0.25, -0.2) is 4.39 Å². The van der Waals surface area contributed by atoms with E-state index in [4.69, 9.17) is 10.5 Å². The Balaban J connectivity index is 0.000000203. The first kappa shape index (κ1) is 19.1. The van der Waals surface area contributed by atoms with E-state index in [1.54, 1.807) is 12.1 Å². The molecule has 2 aromatic rings. The maximum Gasteiger partial charge on any atom is 0.151 e. The Bertz CT molecular complexity index is 848. The van der Waals surface area contributed by atoms with Crippen LogP contribution in [0.4, 0.5) is 10.2 Å². The van der Waals surface area contributed by atoms with Crippen LogP contribution in [0.5, 0.6) is 5.75 Å². The minimum atomic E-state index is -0.561. The number of aromatic nitrogens is 2. The first-order chi connectivity index (χ1) is 13.5. The van der Waals surface area contributed by atoms with Crippen molar-refractivity contribution in [2.24, 2.45) is 0 Å². The number of phenols is 1. The van der Waals surface area contributed by atoms with Gasteiger partial charge in [-0.3, -0.25) is 0 Å². The molecule has 6 nitrogen and oxygen atoms in total. The van der Waals surface area contributed by atoms with E-state index in [9.17, 15) is 9.50 Å². The fourth-order valence-electron chi connectivity index (χ4n) is 3.93. The summed E-state index contributed by atoms with van der Waals surface area (Å²) in [6.45, 7) is 2.19. The molecular formula is C21H27FN4O2. The van der Waals surface area contributed by atoms with Gasteiger partial charge in [-0.15, -0.1) is 10.2 Å². The summed E-state index contributed by atoms with van der Waals surface area (Å²) in [5.74, 6) is 0.639. The van der Waals surface area contributed by atoms with Crippen LogP contribution in [0.15, 0.2) is 24.3 Å². The highest BCUT2D eigenvalue weighted by atomic mass is 19.1. The molecular weight excluding hydrogens is 359 g/mol. The lowest BCUT2D eigenvalue weighted by Gasteiger charge is -2.27. The lowest BCUT2D eigenvalue weighted by atomic mass is 9.93. The molecule has 3 N–H and O–H groups in total. The molecule has 3 aliphatic rings. The summed E-state index contributed by atoms with van der Waals surface area (Å²) in [5.41, 5.74) is 9.30.